The van der Waals surface area contributed by atoms with Crippen molar-refractivity contribution in [1.82, 2.24) is 5.16 Å². The topological polar surface area (TPSA) is 52.0 Å². The zero-order valence-corrected chi connectivity index (χ0v) is 8.51. The normalized spacial score (nSPS) is 10.4. The summed E-state index contributed by atoms with van der Waals surface area (Å²) < 4.78 is 4.72. The zero-order chi connectivity index (χ0) is 10.1. The summed E-state index contributed by atoms with van der Waals surface area (Å²) in [6, 6.07) is 5.15. The number of aromatic nitrogens is 1. The van der Waals surface area contributed by atoms with Crippen molar-refractivity contribution in [1.29, 1.82) is 0 Å². The SMILES string of the molecule is Nc1nocc1-c1ccc(Cl)cc1Cl. The van der Waals surface area contributed by atoms with Crippen LogP contribution in [0.4, 0.5) is 5.82 Å². The highest BCUT2D eigenvalue weighted by molar-refractivity contribution is 6.36. The van der Waals surface area contributed by atoms with Gasteiger partial charge in [0.15, 0.2) is 5.82 Å². The number of rotatable bonds is 1. The van der Waals surface area contributed by atoms with Crippen LogP contribution in [0.15, 0.2) is 29.0 Å². The third-order valence-electron chi connectivity index (χ3n) is 1.82. The minimum absolute atomic E-state index is 0.314. The fourth-order valence-electron chi connectivity index (χ4n) is 1.15. The number of hydrogen-bond acceptors (Lipinski definition) is 3. The zero-order valence-electron chi connectivity index (χ0n) is 7.00. The van der Waals surface area contributed by atoms with E-state index in [1.165, 1.54) is 6.26 Å². The molecule has 2 aromatic rings. The highest BCUT2D eigenvalue weighted by atomic mass is 35.5. The lowest BCUT2D eigenvalue weighted by Crippen LogP contribution is -1.87. The van der Waals surface area contributed by atoms with Crippen LogP contribution in [-0.2, 0) is 0 Å². The summed E-state index contributed by atoms with van der Waals surface area (Å²) in [7, 11) is 0. The Morgan fingerprint density at radius 1 is 1.21 bits per heavy atom. The summed E-state index contributed by atoms with van der Waals surface area (Å²) in [5.41, 5.74) is 7.01. The molecule has 0 aliphatic rings. The molecule has 1 aromatic heterocycles. The average molecular weight is 229 g/mol. The molecule has 14 heavy (non-hydrogen) atoms. The van der Waals surface area contributed by atoms with Gasteiger partial charge in [0.25, 0.3) is 0 Å². The van der Waals surface area contributed by atoms with Crippen molar-refractivity contribution in [3.63, 3.8) is 0 Å². The molecule has 0 amide bonds. The number of nitrogens with two attached hydrogens (primary N) is 1. The Balaban J connectivity index is 2.58. The molecular weight excluding hydrogens is 223 g/mol. The van der Waals surface area contributed by atoms with E-state index in [2.05, 4.69) is 5.16 Å². The number of nitrogen functional groups attached to an aromatic ring is 1. The molecule has 2 rings (SSSR count). The predicted octanol–water partition coefficient (Wildman–Crippen LogP) is 3.23. The molecule has 72 valence electrons. The van der Waals surface area contributed by atoms with E-state index in [1.54, 1.807) is 18.2 Å². The number of benzene rings is 1. The van der Waals surface area contributed by atoms with Crippen molar-refractivity contribution in [2.45, 2.75) is 0 Å². The van der Waals surface area contributed by atoms with Crippen molar-refractivity contribution in [3.8, 4) is 11.1 Å². The summed E-state index contributed by atoms with van der Waals surface area (Å²) in [5.74, 6) is 0.314. The van der Waals surface area contributed by atoms with Crippen LogP contribution in [0, 0.1) is 0 Å². The van der Waals surface area contributed by atoms with Crippen LogP contribution in [0.25, 0.3) is 11.1 Å². The van der Waals surface area contributed by atoms with Crippen molar-refractivity contribution in [2.24, 2.45) is 0 Å². The molecule has 0 spiro atoms. The molecule has 0 atom stereocenters. The van der Waals surface area contributed by atoms with Gasteiger partial charge >= 0.3 is 0 Å². The summed E-state index contributed by atoms with van der Waals surface area (Å²) in [4.78, 5) is 0. The maximum Gasteiger partial charge on any atom is 0.174 e. The van der Waals surface area contributed by atoms with Crippen molar-refractivity contribution in [3.05, 3.63) is 34.5 Å². The third-order valence-corrected chi connectivity index (χ3v) is 2.37. The van der Waals surface area contributed by atoms with Crippen LogP contribution in [-0.4, -0.2) is 5.16 Å². The van der Waals surface area contributed by atoms with Gasteiger partial charge in [-0.2, -0.15) is 0 Å². The van der Waals surface area contributed by atoms with E-state index in [0.29, 0.717) is 21.4 Å². The largest absolute Gasteiger partial charge is 0.380 e. The Bertz CT molecular complexity index is 468. The predicted molar refractivity (Wildman–Crippen MR) is 56.4 cm³/mol. The number of halogens is 2. The molecule has 0 aliphatic carbocycles. The summed E-state index contributed by atoms with van der Waals surface area (Å²) in [6.45, 7) is 0. The van der Waals surface area contributed by atoms with Crippen LogP contribution < -0.4 is 5.73 Å². The van der Waals surface area contributed by atoms with Gasteiger partial charge in [0.1, 0.15) is 6.26 Å². The van der Waals surface area contributed by atoms with E-state index < -0.39 is 0 Å². The summed E-state index contributed by atoms with van der Waals surface area (Å²) >= 11 is 11.7. The molecule has 0 saturated heterocycles. The first-order chi connectivity index (χ1) is 6.68. The maximum absolute atomic E-state index is 5.98. The number of hydrogen-bond donors (Lipinski definition) is 1. The van der Waals surface area contributed by atoms with E-state index in [9.17, 15) is 0 Å². The van der Waals surface area contributed by atoms with E-state index >= 15 is 0 Å². The second kappa shape index (κ2) is 3.52. The first-order valence-corrected chi connectivity index (χ1v) is 4.59. The molecule has 2 N–H and O–H groups in total. The quantitative estimate of drug-likeness (QED) is 0.816. The fourth-order valence-corrected chi connectivity index (χ4v) is 1.67. The third kappa shape index (κ3) is 1.56. The Labute approximate surface area is 90.4 Å². The van der Waals surface area contributed by atoms with Gasteiger partial charge in [0.2, 0.25) is 0 Å². The highest BCUT2D eigenvalue weighted by Gasteiger charge is 2.10. The average Bonchev–Trinajstić information content (AvgIpc) is 2.52. The van der Waals surface area contributed by atoms with Gasteiger partial charge in [-0.25, -0.2) is 0 Å². The monoisotopic (exact) mass is 228 g/mol. The highest BCUT2D eigenvalue weighted by Crippen LogP contribution is 2.32. The number of nitrogens with zero attached hydrogens (tertiary/aromatic N) is 1. The molecular formula is C9H6Cl2N2O. The molecule has 1 heterocycles. The van der Waals surface area contributed by atoms with Crippen LogP contribution in [0.5, 0.6) is 0 Å². The maximum atomic E-state index is 5.98. The molecule has 0 fully saturated rings. The van der Waals surface area contributed by atoms with Gasteiger partial charge in [-0.05, 0) is 12.1 Å². The standard InChI is InChI=1S/C9H6Cl2N2O/c10-5-1-2-6(8(11)3-5)7-4-14-13-9(7)12/h1-4H,(H2,12,13). The van der Waals surface area contributed by atoms with Gasteiger partial charge in [-0.3, -0.25) is 0 Å². The van der Waals surface area contributed by atoms with Gasteiger partial charge < -0.3 is 10.3 Å². The van der Waals surface area contributed by atoms with Crippen molar-refractivity contribution < 1.29 is 4.52 Å². The van der Waals surface area contributed by atoms with Gasteiger partial charge in [0, 0.05) is 10.6 Å². The summed E-state index contributed by atoms with van der Waals surface area (Å²) in [5, 5.41) is 4.67. The molecule has 5 heteroatoms. The lowest BCUT2D eigenvalue weighted by Gasteiger charge is -2.01. The fraction of sp³-hybridized carbons (Fsp3) is 0. The molecule has 0 aliphatic heterocycles. The van der Waals surface area contributed by atoms with E-state index in [-0.39, 0.29) is 0 Å². The van der Waals surface area contributed by atoms with Crippen molar-refractivity contribution >= 4 is 29.0 Å². The molecule has 0 radical (unpaired) electrons. The van der Waals surface area contributed by atoms with E-state index in [0.717, 1.165) is 5.56 Å². The first-order valence-electron chi connectivity index (χ1n) is 3.84. The van der Waals surface area contributed by atoms with E-state index in [1.807, 2.05) is 0 Å². The molecule has 0 bridgehead atoms. The smallest absolute Gasteiger partial charge is 0.174 e. The van der Waals surface area contributed by atoms with Gasteiger partial charge in [-0.1, -0.05) is 34.4 Å². The van der Waals surface area contributed by atoms with Crippen LogP contribution in [0.2, 0.25) is 10.0 Å². The van der Waals surface area contributed by atoms with Crippen LogP contribution in [0.1, 0.15) is 0 Å². The Hall–Kier alpha value is -1.19. The molecule has 0 saturated carbocycles. The lowest BCUT2D eigenvalue weighted by atomic mass is 10.1. The van der Waals surface area contributed by atoms with Gasteiger partial charge in [0.05, 0.1) is 10.6 Å². The van der Waals surface area contributed by atoms with E-state index in [4.69, 9.17) is 33.5 Å². The molecule has 0 unspecified atom stereocenters. The number of anilines is 1. The molecule has 1 aromatic carbocycles. The summed E-state index contributed by atoms with van der Waals surface area (Å²) in [6.07, 6.45) is 1.45. The Kier molecular flexibility index (Phi) is 2.35. The van der Waals surface area contributed by atoms with Crippen LogP contribution >= 0.6 is 23.2 Å². The first kappa shape index (κ1) is 9.37. The minimum Gasteiger partial charge on any atom is -0.380 e. The molecule has 3 nitrogen and oxygen atoms in total. The second-order valence-corrected chi connectivity index (χ2v) is 3.58. The second-order valence-electron chi connectivity index (χ2n) is 2.74. The Morgan fingerprint density at radius 3 is 2.57 bits per heavy atom. The van der Waals surface area contributed by atoms with Crippen molar-refractivity contribution in [2.75, 3.05) is 5.73 Å². The Morgan fingerprint density at radius 2 is 2.00 bits per heavy atom. The lowest BCUT2D eigenvalue weighted by molar-refractivity contribution is 0.423. The van der Waals surface area contributed by atoms with Gasteiger partial charge in [-0.15, -0.1) is 0 Å². The van der Waals surface area contributed by atoms with Crippen LogP contribution in [0.3, 0.4) is 0 Å². The minimum atomic E-state index is 0.314.